The molecular formula is C10H12N2O3. The average Bonchev–Trinajstić information content (AvgIpc) is 2.50. The maximum atomic E-state index is 11.8. The van der Waals surface area contributed by atoms with Crippen LogP contribution in [0.5, 0.6) is 0 Å². The van der Waals surface area contributed by atoms with Crippen molar-refractivity contribution in [3.63, 3.8) is 0 Å². The summed E-state index contributed by atoms with van der Waals surface area (Å²) in [5.74, 6) is 0.670. The number of rotatable bonds is 0. The van der Waals surface area contributed by atoms with Crippen LogP contribution in [0.15, 0.2) is 14.0 Å². The molecule has 0 saturated carbocycles. The maximum absolute atomic E-state index is 11.8. The molecule has 0 aliphatic heterocycles. The van der Waals surface area contributed by atoms with E-state index in [4.69, 9.17) is 4.42 Å². The summed E-state index contributed by atoms with van der Waals surface area (Å²) in [6.07, 6.45) is 0. The van der Waals surface area contributed by atoms with Crippen LogP contribution in [0.4, 0.5) is 0 Å². The largest absolute Gasteiger partial charge is 0.444 e. The molecule has 0 aliphatic carbocycles. The van der Waals surface area contributed by atoms with Gasteiger partial charge in [0.1, 0.15) is 11.1 Å². The van der Waals surface area contributed by atoms with Crippen molar-refractivity contribution in [3.8, 4) is 0 Å². The van der Waals surface area contributed by atoms with Crippen LogP contribution in [-0.4, -0.2) is 9.13 Å². The smallest absolute Gasteiger partial charge is 0.333 e. The van der Waals surface area contributed by atoms with Crippen molar-refractivity contribution < 1.29 is 4.42 Å². The lowest BCUT2D eigenvalue weighted by atomic mass is 10.2. The third-order valence-corrected chi connectivity index (χ3v) is 2.76. The van der Waals surface area contributed by atoms with Crippen molar-refractivity contribution in [3.05, 3.63) is 32.2 Å². The molecule has 0 aliphatic rings. The Morgan fingerprint density at radius 2 is 1.67 bits per heavy atom. The van der Waals surface area contributed by atoms with Gasteiger partial charge in [-0.1, -0.05) is 0 Å². The Hall–Kier alpha value is -1.78. The van der Waals surface area contributed by atoms with Crippen molar-refractivity contribution in [2.24, 2.45) is 14.1 Å². The molecule has 2 heterocycles. The van der Waals surface area contributed by atoms with E-state index in [0.29, 0.717) is 16.9 Å². The Kier molecular flexibility index (Phi) is 1.86. The Morgan fingerprint density at radius 1 is 1.07 bits per heavy atom. The van der Waals surface area contributed by atoms with Crippen molar-refractivity contribution in [2.45, 2.75) is 13.8 Å². The van der Waals surface area contributed by atoms with Crippen LogP contribution < -0.4 is 11.2 Å². The number of fused-ring (bicyclic) bond motifs is 1. The number of hydrogen-bond donors (Lipinski definition) is 0. The summed E-state index contributed by atoms with van der Waals surface area (Å²) in [7, 11) is 3.05. The summed E-state index contributed by atoms with van der Waals surface area (Å²) >= 11 is 0. The molecule has 0 radical (unpaired) electrons. The summed E-state index contributed by atoms with van der Waals surface area (Å²) in [5.41, 5.74) is 0.461. The highest BCUT2D eigenvalue weighted by Gasteiger charge is 2.16. The second-order valence-electron chi connectivity index (χ2n) is 3.67. The minimum atomic E-state index is -0.374. The fourth-order valence-electron chi connectivity index (χ4n) is 1.66. The molecule has 0 unspecified atom stereocenters. The van der Waals surface area contributed by atoms with Crippen LogP contribution in [-0.2, 0) is 14.1 Å². The standard InChI is InChI=1S/C10H12N2O3/c1-5-6(2)15-9-7(5)8(13)11(3)10(14)12(9)4/h1-4H3. The molecule has 5 heteroatoms. The molecule has 2 aromatic rings. The maximum Gasteiger partial charge on any atom is 0.333 e. The molecule has 0 N–H and O–H groups in total. The molecule has 2 aromatic heterocycles. The fraction of sp³-hybridized carbons (Fsp3) is 0.400. The molecule has 0 aromatic carbocycles. The van der Waals surface area contributed by atoms with Crippen molar-refractivity contribution >= 4 is 11.1 Å². The lowest BCUT2D eigenvalue weighted by molar-refractivity contribution is 0.535. The normalized spacial score (nSPS) is 11.2. The number of aryl methyl sites for hydroxylation is 3. The van der Waals surface area contributed by atoms with E-state index in [1.165, 1.54) is 11.6 Å². The zero-order valence-corrected chi connectivity index (χ0v) is 9.12. The van der Waals surface area contributed by atoms with Gasteiger partial charge < -0.3 is 4.42 Å². The van der Waals surface area contributed by atoms with E-state index < -0.39 is 0 Å². The van der Waals surface area contributed by atoms with Gasteiger partial charge in [-0.3, -0.25) is 13.9 Å². The molecular weight excluding hydrogens is 196 g/mol. The third kappa shape index (κ3) is 1.09. The Balaban J connectivity index is 3.23. The molecule has 0 spiro atoms. The first-order valence-electron chi connectivity index (χ1n) is 4.61. The van der Waals surface area contributed by atoms with Crippen LogP contribution in [0.25, 0.3) is 11.1 Å². The van der Waals surface area contributed by atoms with E-state index in [-0.39, 0.29) is 11.2 Å². The predicted octanol–water partition coefficient (Wildman–Crippen LogP) is 0.447. The minimum absolute atomic E-state index is 0.303. The SMILES string of the molecule is Cc1oc2c(c1C)c(=O)n(C)c(=O)n2C. The fourth-order valence-corrected chi connectivity index (χ4v) is 1.66. The number of furan rings is 1. The highest BCUT2D eigenvalue weighted by molar-refractivity contribution is 5.77. The molecule has 0 atom stereocenters. The lowest BCUT2D eigenvalue weighted by Gasteiger charge is -2.01. The number of hydrogen-bond acceptors (Lipinski definition) is 3. The topological polar surface area (TPSA) is 57.1 Å². The van der Waals surface area contributed by atoms with Crippen LogP contribution in [0.1, 0.15) is 11.3 Å². The first-order chi connectivity index (χ1) is 6.95. The second-order valence-corrected chi connectivity index (χ2v) is 3.67. The highest BCUT2D eigenvalue weighted by atomic mass is 16.3. The summed E-state index contributed by atoms with van der Waals surface area (Å²) in [4.78, 5) is 23.4. The minimum Gasteiger partial charge on any atom is -0.444 e. The van der Waals surface area contributed by atoms with Gasteiger partial charge in [-0.2, -0.15) is 0 Å². The Labute approximate surface area is 85.5 Å². The molecule has 80 valence electrons. The van der Waals surface area contributed by atoms with Gasteiger partial charge in [0.2, 0.25) is 5.71 Å². The van der Waals surface area contributed by atoms with Gasteiger partial charge in [-0.25, -0.2) is 4.79 Å². The lowest BCUT2D eigenvalue weighted by Crippen LogP contribution is -2.36. The van der Waals surface area contributed by atoms with Crippen LogP contribution in [0.3, 0.4) is 0 Å². The summed E-state index contributed by atoms with van der Waals surface area (Å²) < 4.78 is 7.83. The van der Waals surface area contributed by atoms with Gasteiger partial charge in [0.05, 0.1) is 0 Å². The summed E-state index contributed by atoms with van der Waals surface area (Å²) in [5, 5.41) is 0.483. The van der Waals surface area contributed by atoms with E-state index in [1.54, 1.807) is 14.0 Å². The summed E-state index contributed by atoms with van der Waals surface area (Å²) in [6, 6.07) is 0. The van der Waals surface area contributed by atoms with Crippen LogP contribution >= 0.6 is 0 Å². The Morgan fingerprint density at radius 3 is 2.27 bits per heavy atom. The second kappa shape index (κ2) is 2.85. The van der Waals surface area contributed by atoms with Crippen LogP contribution in [0.2, 0.25) is 0 Å². The monoisotopic (exact) mass is 208 g/mol. The van der Waals surface area contributed by atoms with Crippen molar-refractivity contribution in [1.82, 2.24) is 9.13 Å². The summed E-state index contributed by atoms with van der Waals surface area (Å²) in [6.45, 7) is 3.59. The zero-order chi connectivity index (χ0) is 11.3. The van der Waals surface area contributed by atoms with Crippen molar-refractivity contribution in [1.29, 1.82) is 0 Å². The molecule has 2 rings (SSSR count). The quantitative estimate of drug-likeness (QED) is 0.631. The number of nitrogens with zero attached hydrogens (tertiary/aromatic N) is 2. The zero-order valence-electron chi connectivity index (χ0n) is 9.12. The van der Waals surface area contributed by atoms with E-state index in [1.807, 2.05) is 6.92 Å². The first kappa shape index (κ1) is 9.76. The van der Waals surface area contributed by atoms with Crippen LogP contribution in [0, 0.1) is 13.8 Å². The molecule has 0 fully saturated rings. The van der Waals surface area contributed by atoms with E-state index >= 15 is 0 Å². The van der Waals surface area contributed by atoms with Gasteiger partial charge in [-0.15, -0.1) is 0 Å². The molecule has 0 bridgehead atoms. The van der Waals surface area contributed by atoms with Gasteiger partial charge in [0.25, 0.3) is 5.56 Å². The predicted molar refractivity (Wildman–Crippen MR) is 56.2 cm³/mol. The molecule has 0 saturated heterocycles. The Bertz CT molecular complexity index is 658. The average molecular weight is 208 g/mol. The van der Waals surface area contributed by atoms with Gasteiger partial charge in [0.15, 0.2) is 0 Å². The highest BCUT2D eigenvalue weighted by Crippen LogP contribution is 2.19. The van der Waals surface area contributed by atoms with E-state index in [9.17, 15) is 9.59 Å². The van der Waals surface area contributed by atoms with Gasteiger partial charge >= 0.3 is 5.69 Å². The molecule has 0 amide bonds. The van der Waals surface area contributed by atoms with Gasteiger partial charge in [-0.05, 0) is 13.8 Å². The third-order valence-electron chi connectivity index (χ3n) is 2.76. The molecule has 15 heavy (non-hydrogen) atoms. The van der Waals surface area contributed by atoms with Gasteiger partial charge in [0, 0.05) is 19.7 Å². The van der Waals surface area contributed by atoms with Crippen molar-refractivity contribution in [2.75, 3.05) is 0 Å². The van der Waals surface area contributed by atoms with E-state index in [0.717, 1.165) is 10.1 Å². The van der Waals surface area contributed by atoms with E-state index in [2.05, 4.69) is 0 Å². The molecule has 5 nitrogen and oxygen atoms in total. The number of aromatic nitrogens is 2. The first-order valence-corrected chi connectivity index (χ1v) is 4.61.